The Labute approximate surface area is 149 Å². The number of aromatic nitrogens is 4. The molecule has 1 aliphatic carbocycles. The molecule has 3 aromatic heterocycles. The second kappa shape index (κ2) is 6.55. The minimum absolute atomic E-state index is 0.00891. The predicted molar refractivity (Wildman–Crippen MR) is 95.4 cm³/mol. The zero-order chi connectivity index (χ0) is 18.1. The van der Waals surface area contributed by atoms with Gasteiger partial charge in [-0.3, -0.25) is 14.6 Å². The van der Waals surface area contributed by atoms with E-state index in [1.807, 2.05) is 12.1 Å². The van der Waals surface area contributed by atoms with E-state index in [1.165, 1.54) is 6.33 Å². The maximum absolute atomic E-state index is 12.9. The molecular weight excluding hydrogens is 332 g/mol. The van der Waals surface area contributed by atoms with E-state index in [2.05, 4.69) is 20.4 Å². The van der Waals surface area contributed by atoms with Gasteiger partial charge in [0.2, 0.25) is 0 Å². The maximum Gasteiger partial charge on any atom is 0.253 e. The Morgan fingerprint density at radius 2 is 1.96 bits per heavy atom. The van der Waals surface area contributed by atoms with Gasteiger partial charge in [-0.05, 0) is 31.0 Å². The van der Waals surface area contributed by atoms with Crippen LogP contribution >= 0.6 is 0 Å². The number of nitrogens with two attached hydrogens (primary N) is 1. The Bertz CT molecular complexity index is 972. The van der Waals surface area contributed by atoms with Crippen LogP contribution in [0.4, 0.5) is 5.82 Å². The highest BCUT2D eigenvalue weighted by molar-refractivity contribution is 6.05. The van der Waals surface area contributed by atoms with Gasteiger partial charge in [0, 0.05) is 36.8 Å². The molecule has 1 saturated carbocycles. The number of carbonyl (C=O) groups is 2. The number of nitrogen functional groups attached to an aromatic ring is 1. The number of nitrogens with zero attached hydrogens (tertiary/aromatic N) is 4. The Balaban J connectivity index is 1.73. The molecule has 1 aliphatic rings. The molecule has 26 heavy (non-hydrogen) atoms. The summed E-state index contributed by atoms with van der Waals surface area (Å²) in [6.45, 7) is 0. The summed E-state index contributed by atoms with van der Waals surface area (Å²) >= 11 is 0. The fourth-order valence-electron chi connectivity index (χ4n) is 3.32. The molecule has 4 rings (SSSR count). The molecule has 0 atom stereocenters. The van der Waals surface area contributed by atoms with E-state index in [9.17, 15) is 9.59 Å². The van der Waals surface area contributed by atoms with Crippen LogP contribution in [0.25, 0.3) is 16.8 Å². The Kier molecular flexibility index (Phi) is 4.08. The van der Waals surface area contributed by atoms with Crippen LogP contribution in [0, 0.1) is 0 Å². The van der Waals surface area contributed by atoms with Crippen LogP contribution < -0.4 is 11.1 Å². The number of carbonyl (C=O) groups excluding carboxylic acids is 2. The average molecular weight is 350 g/mol. The molecule has 3 aromatic rings. The molecule has 3 N–H and O–H groups in total. The van der Waals surface area contributed by atoms with E-state index in [0.717, 1.165) is 11.3 Å². The Hall–Kier alpha value is -3.29. The molecule has 0 bridgehead atoms. The molecule has 0 saturated heterocycles. The molecule has 0 spiro atoms. The number of anilines is 1. The lowest BCUT2D eigenvalue weighted by molar-refractivity contribution is -0.120. The van der Waals surface area contributed by atoms with Crippen LogP contribution in [0.2, 0.25) is 0 Å². The first-order valence-electron chi connectivity index (χ1n) is 8.48. The summed E-state index contributed by atoms with van der Waals surface area (Å²) in [6, 6.07) is 5.44. The van der Waals surface area contributed by atoms with Crippen LogP contribution in [-0.4, -0.2) is 37.3 Å². The molecule has 0 aliphatic heterocycles. The fourth-order valence-corrected chi connectivity index (χ4v) is 3.32. The summed E-state index contributed by atoms with van der Waals surface area (Å²) in [5, 5.41) is 7.27. The zero-order valence-electron chi connectivity index (χ0n) is 14.1. The van der Waals surface area contributed by atoms with Crippen molar-refractivity contribution in [3.05, 3.63) is 42.5 Å². The summed E-state index contributed by atoms with van der Waals surface area (Å²) in [5.74, 6) is 0.260. The van der Waals surface area contributed by atoms with Gasteiger partial charge >= 0.3 is 0 Å². The van der Waals surface area contributed by atoms with Gasteiger partial charge < -0.3 is 11.1 Å². The van der Waals surface area contributed by atoms with Gasteiger partial charge in [0.05, 0.1) is 11.3 Å². The van der Waals surface area contributed by atoms with Crippen LogP contribution in [0.15, 0.2) is 36.9 Å². The Morgan fingerprint density at radius 3 is 2.69 bits per heavy atom. The second-order valence-corrected chi connectivity index (χ2v) is 6.37. The SMILES string of the molecule is Nc1ncnn2c(-c3ccncc3)cc(C(=O)NC3CCC(=O)CC3)c12. The summed E-state index contributed by atoms with van der Waals surface area (Å²) in [4.78, 5) is 32.3. The minimum Gasteiger partial charge on any atom is -0.382 e. The largest absolute Gasteiger partial charge is 0.382 e. The first kappa shape index (κ1) is 16.2. The molecule has 132 valence electrons. The lowest BCUT2D eigenvalue weighted by atomic mass is 9.94. The van der Waals surface area contributed by atoms with Gasteiger partial charge in [-0.15, -0.1) is 0 Å². The molecule has 0 aromatic carbocycles. The number of fused-ring (bicyclic) bond motifs is 1. The van der Waals surface area contributed by atoms with Crippen molar-refractivity contribution in [2.24, 2.45) is 0 Å². The fraction of sp³-hybridized carbons (Fsp3) is 0.278. The number of pyridine rings is 1. The first-order valence-corrected chi connectivity index (χ1v) is 8.48. The van der Waals surface area contributed by atoms with E-state index in [0.29, 0.717) is 36.8 Å². The number of nitrogens with one attached hydrogen (secondary N) is 1. The number of hydrogen-bond donors (Lipinski definition) is 2. The summed E-state index contributed by atoms with van der Waals surface area (Å²) in [6.07, 6.45) is 7.07. The normalized spacial score (nSPS) is 15.3. The van der Waals surface area contributed by atoms with E-state index in [1.54, 1.807) is 23.0 Å². The van der Waals surface area contributed by atoms with Crippen molar-refractivity contribution in [3.63, 3.8) is 0 Å². The summed E-state index contributed by atoms with van der Waals surface area (Å²) < 4.78 is 1.62. The van der Waals surface area contributed by atoms with Crippen molar-refractivity contribution in [1.82, 2.24) is 24.9 Å². The highest BCUT2D eigenvalue weighted by atomic mass is 16.2. The van der Waals surface area contributed by atoms with E-state index in [-0.39, 0.29) is 23.6 Å². The minimum atomic E-state index is -0.233. The third kappa shape index (κ3) is 2.90. The molecule has 1 fully saturated rings. The number of ketones is 1. The number of hydrogen-bond acceptors (Lipinski definition) is 6. The van der Waals surface area contributed by atoms with Gasteiger partial charge in [-0.25, -0.2) is 9.50 Å². The van der Waals surface area contributed by atoms with Crippen molar-refractivity contribution in [2.45, 2.75) is 31.7 Å². The summed E-state index contributed by atoms with van der Waals surface area (Å²) in [7, 11) is 0. The monoisotopic (exact) mass is 350 g/mol. The lowest BCUT2D eigenvalue weighted by Crippen LogP contribution is -2.37. The molecule has 0 unspecified atom stereocenters. The van der Waals surface area contributed by atoms with Gasteiger partial charge in [0.15, 0.2) is 5.82 Å². The standard InChI is InChI=1S/C18H18N6O2/c19-17-16-14(18(26)23-12-1-3-13(25)4-2-12)9-15(24(16)22-10-21-17)11-5-7-20-8-6-11/h5-10,12H,1-4H2,(H,23,26)(H2,19,21,22). The predicted octanol–water partition coefficient (Wildman–Crippen LogP) is 1.61. The molecule has 8 nitrogen and oxygen atoms in total. The maximum atomic E-state index is 12.9. The van der Waals surface area contributed by atoms with Crippen molar-refractivity contribution >= 4 is 23.0 Å². The topological polar surface area (TPSA) is 115 Å². The number of rotatable bonds is 3. The molecule has 1 amide bonds. The van der Waals surface area contributed by atoms with Crippen molar-refractivity contribution in [2.75, 3.05) is 5.73 Å². The van der Waals surface area contributed by atoms with Gasteiger partial charge in [0.25, 0.3) is 5.91 Å². The van der Waals surface area contributed by atoms with Crippen molar-refractivity contribution in [3.8, 4) is 11.3 Å². The van der Waals surface area contributed by atoms with Gasteiger partial charge in [0.1, 0.15) is 17.6 Å². The quantitative estimate of drug-likeness (QED) is 0.741. The van der Waals surface area contributed by atoms with Crippen LogP contribution in [0.5, 0.6) is 0 Å². The Morgan fingerprint density at radius 1 is 1.23 bits per heavy atom. The molecule has 0 radical (unpaired) electrons. The highest BCUT2D eigenvalue weighted by Crippen LogP contribution is 2.27. The second-order valence-electron chi connectivity index (χ2n) is 6.37. The van der Waals surface area contributed by atoms with E-state index in [4.69, 9.17) is 5.73 Å². The van der Waals surface area contributed by atoms with Crippen molar-refractivity contribution in [1.29, 1.82) is 0 Å². The number of amides is 1. The lowest BCUT2D eigenvalue weighted by Gasteiger charge is -2.22. The summed E-state index contributed by atoms with van der Waals surface area (Å²) in [5.41, 5.74) is 8.53. The van der Waals surface area contributed by atoms with Crippen LogP contribution in [0.3, 0.4) is 0 Å². The molecule has 3 heterocycles. The van der Waals surface area contributed by atoms with Gasteiger partial charge in [-0.1, -0.05) is 0 Å². The third-order valence-corrected chi connectivity index (χ3v) is 4.68. The number of Topliss-reactive ketones (excluding diaryl/α,β-unsaturated/α-hetero) is 1. The average Bonchev–Trinajstić information content (AvgIpc) is 3.05. The first-order chi connectivity index (χ1) is 12.6. The van der Waals surface area contributed by atoms with Crippen LogP contribution in [-0.2, 0) is 4.79 Å². The van der Waals surface area contributed by atoms with Gasteiger partial charge in [-0.2, -0.15) is 5.10 Å². The van der Waals surface area contributed by atoms with Crippen LogP contribution in [0.1, 0.15) is 36.0 Å². The smallest absolute Gasteiger partial charge is 0.253 e. The van der Waals surface area contributed by atoms with E-state index < -0.39 is 0 Å². The zero-order valence-corrected chi connectivity index (χ0v) is 14.1. The third-order valence-electron chi connectivity index (χ3n) is 4.68. The highest BCUT2D eigenvalue weighted by Gasteiger charge is 2.24. The molecular formula is C18H18N6O2. The molecule has 8 heteroatoms. The van der Waals surface area contributed by atoms with Crippen molar-refractivity contribution < 1.29 is 9.59 Å². The van der Waals surface area contributed by atoms with E-state index >= 15 is 0 Å².